The molecule has 2 aromatic carbocycles. The molecule has 0 aliphatic carbocycles. The molecule has 0 fully saturated rings. The molecular weight excluding hydrogens is 392 g/mol. The maximum absolute atomic E-state index is 5.90. The van der Waals surface area contributed by atoms with Crippen LogP contribution in [0.5, 0.6) is 17.2 Å². The summed E-state index contributed by atoms with van der Waals surface area (Å²) >= 11 is 0. The summed E-state index contributed by atoms with van der Waals surface area (Å²) in [5, 5.41) is 11.9. The number of rotatable bonds is 10. The highest BCUT2D eigenvalue weighted by Crippen LogP contribution is 2.33. The molecule has 3 aromatic rings. The fourth-order valence-electron chi connectivity index (χ4n) is 3.30. The number of hydrogen-bond acceptors (Lipinski definition) is 6. The van der Waals surface area contributed by atoms with Crippen LogP contribution in [0.3, 0.4) is 0 Å². The third kappa shape index (κ3) is 5.76. The van der Waals surface area contributed by atoms with Gasteiger partial charge in [0.05, 0.1) is 26.5 Å². The van der Waals surface area contributed by atoms with E-state index in [0.717, 1.165) is 22.6 Å². The number of aromatic nitrogens is 3. The molecule has 0 saturated carbocycles. The zero-order valence-electron chi connectivity index (χ0n) is 19.1. The van der Waals surface area contributed by atoms with Gasteiger partial charge in [-0.2, -0.15) is 0 Å². The van der Waals surface area contributed by atoms with Crippen molar-refractivity contribution in [2.24, 2.45) is 0 Å². The number of methoxy groups -OCH3 is 2. The first-order chi connectivity index (χ1) is 14.9. The van der Waals surface area contributed by atoms with Gasteiger partial charge in [0.1, 0.15) is 18.1 Å². The quantitative estimate of drug-likeness (QED) is 0.515. The maximum atomic E-state index is 5.90. The van der Waals surface area contributed by atoms with Crippen LogP contribution < -0.4 is 19.5 Å². The monoisotopic (exact) mass is 424 g/mol. The van der Waals surface area contributed by atoms with Crippen LogP contribution in [0.15, 0.2) is 48.7 Å². The Morgan fingerprint density at radius 3 is 2.16 bits per heavy atom. The Bertz CT molecular complexity index is 967. The first-order valence-electron chi connectivity index (χ1n) is 10.5. The van der Waals surface area contributed by atoms with Crippen LogP contribution >= 0.6 is 0 Å². The highest BCUT2D eigenvalue weighted by molar-refractivity contribution is 5.46. The number of ether oxygens (including phenoxy) is 3. The predicted molar refractivity (Wildman–Crippen MR) is 121 cm³/mol. The molecule has 166 valence electrons. The van der Waals surface area contributed by atoms with Gasteiger partial charge in [-0.3, -0.25) is 0 Å². The van der Waals surface area contributed by atoms with Crippen molar-refractivity contribution in [1.29, 1.82) is 0 Å². The fraction of sp³-hybridized carbons (Fsp3) is 0.417. The molecular formula is C24H32N4O3. The Kier molecular flexibility index (Phi) is 7.52. The van der Waals surface area contributed by atoms with Gasteiger partial charge < -0.3 is 19.5 Å². The first-order valence-corrected chi connectivity index (χ1v) is 10.5. The van der Waals surface area contributed by atoms with Crippen molar-refractivity contribution < 1.29 is 14.2 Å². The van der Waals surface area contributed by atoms with E-state index in [1.165, 1.54) is 0 Å². The number of nitrogens with zero attached hydrogens (tertiary/aromatic N) is 3. The SMILES string of the molecule is COc1ccc(C(NC(C)C)c2ccc(OCc3cn(C(C)C)nn3)cc2)cc1OC. The Hall–Kier alpha value is -3.06. The van der Waals surface area contributed by atoms with E-state index in [4.69, 9.17) is 14.2 Å². The standard InChI is InChI=1S/C24H32N4O3/c1-16(2)25-24(19-9-12-22(29-5)23(13-19)30-6)18-7-10-21(11-8-18)31-15-20-14-28(17(3)4)27-26-20/h7-14,16-17,24-25H,15H2,1-6H3. The van der Waals surface area contributed by atoms with Gasteiger partial charge in [-0.15, -0.1) is 5.10 Å². The zero-order chi connectivity index (χ0) is 22.4. The van der Waals surface area contributed by atoms with E-state index in [2.05, 4.69) is 61.5 Å². The average Bonchev–Trinajstić information content (AvgIpc) is 3.25. The second-order valence-electron chi connectivity index (χ2n) is 8.01. The topological polar surface area (TPSA) is 70.4 Å². The van der Waals surface area contributed by atoms with Crippen molar-refractivity contribution in [1.82, 2.24) is 20.3 Å². The number of benzene rings is 2. The van der Waals surface area contributed by atoms with Gasteiger partial charge in [-0.1, -0.05) is 23.4 Å². The second-order valence-corrected chi connectivity index (χ2v) is 8.01. The molecule has 7 heteroatoms. The van der Waals surface area contributed by atoms with Crippen molar-refractivity contribution in [3.05, 3.63) is 65.5 Å². The Labute approximate surface area is 184 Å². The van der Waals surface area contributed by atoms with Gasteiger partial charge in [0.25, 0.3) is 0 Å². The first kappa shape index (κ1) is 22.6. The Balaban J connectivity index is 1.76. The van der Waals surface area contributed by atoms with E-state index in [0.29, 0.717) is 24.1 Å². The van der Waals surface area contributed by atoms with Gasteiger partial charge in [-0.25, -0.2) is 4.68 Å². The lowest BCUT2D eigenvalue weighted by Gasteiger charge is -2.23. The van der Waals surface area contributed by atoms with Crippen LogP contribution in [-0.4, -0.2) is 35.3 Å². The van der Waals surface area contributed by atoms with Gasteiger partial charge in [0, 0.05) is 12.1 Å². The van der Waals surface area contributed by atoms with Gasteiger partial charge in [0.15, 0.2) is 11.5 Å². The molecule has 0 aliphatic heterocycles. The smallest absolute Gasteiger partial charge is 0.161 e. The predicted octanol–water partition coefficient (Wildman–Crippen LogP) is 4.54. The molecule has 0 amide bonds. The van der Waals surface area contributed by atoms with Crippen LogP contribution in [-0.2, 0) is 6.61 Å². The Morgan fingerprint density at radius 2 is 1.58 bits per heavy atom. The largest absolute Gasteiger partial charge is 0.493 e. The van der Waals surface area contributed by atoms with Crippen molar-refractivity contribution in [3.63, 3.8) is 0 Å². The van der Waals surface area contributed by atoms with E-state index in [9.17, 15) is 0 Å². The highest BCUT2D eigenvalue weighted by atomic mass is 16.5. The molecule has 7 nitrogen and oxygen atoms in total. The molecule has 1 atom stereocenters. The second kappa shape index (κ2) is 10.3. The summed E-state index contributed by atoms with van der Waals surface area (Å²) in [6, 6.07) is 14.7. The van der Waals surface area contributed by atoms with Gasteiger partial charge >= 0.3 is 0 Å². The van der Waals surface area contributed by atoms with Gasteiger partial charge in [0.2, 0.25) is 0 Å². The molecule has 0 spiro atoms. The summed E-state index contributed by atoms with van der Waals surface area (Å²) in [6.45, 7) is 8.79. The average molecular weight is 425 g/mol. The lowest BCUT2D eigenvalue weighted by molar-refractivity contribution is 0.301. The summed E-state index contributed by atoms with van der Waals surface area (Å²) in [7, 11) is 3.29. The minimum atomic E-state index is 0.0137. The van der Waals surface area contributed by atoms with Crippen molar-refractivity contribution >= 4 is 0 Å². The molecule has 0 saturated heterocycles. The lowest BCUT2D eigenvalue weighted by atomic mass is 9.97. The molecule has 1 unspecified atom stereocenters. The third-order valence-corrected chi connectivity index (χ3v) is 4.93. The summed E-state index contributed by atoms with van der Waals surface area (Å²) in [5.41, 5.74) is 3.05. The zero-order valence-corrected chi connectivity index (χ0v) is 19.1. The van der Waals surface area contributed by atoms with Crippen LogP contribution in [0, 0.1) is 0 Å². The van der Waals surface area contributed by atoms with E-state index in [-0.39, 0.29) is 12.1 Å². The number of hydrogen-bond donors (Lipinski definition) is 1. The highest BCUT2D eigenvalue weighted by Gasteiger charge is 2.17. The van der Waals surface area contributed by atoms with Crippen LogP contribution in [0.25, 0.3) is 0 Å². The lowest BCUT2D eigenvalue weighted by Crippen LogP contribution is -2.29. The molecule has 31 heavy (non-hydrogen) atoms. The number of nitrogens with one attached hydrogen (secondary N) is 1. The van der Waals surface area contributed by atoms with Crippen molar-refractivity contribution in [3.8, 4) is 17.2 Å². The van der Waals surface area contributed by atoms with Crippen molar-refractivity contribution in [2.75, 3.05) is 14.2 Å². The van der Waals surface area contributed by atoms with Crippen LogP contribution in [0.1, 0.15) is 56.6 Å². The summed E-state index contributed by atoms with van der Waals surface area (Å²) in [4.78, 5) is 0. The minimum absolute atomic E-state index is 0.0137. The molecule has 1 heterocycles. The van der Waals surface area contributed by atoms with E-state index >= 15 is 0 Å². The van der Waals surface area contributed by atoms with Crippen molar-refractivity contribution in [2.45, 2.75) is 52.4 Å². The third-order valence-electron chi connectivity index (χ3n) is 4.93. The minimum Gasteiger partial charge on any atom is -0.493 e. The normalized spacial score (nSPS) is 12.3. The van der Waals surface area contributed by atoms with Crippen LogP contribution in [0.4, 0.5) is 0 Å². The molecule has 3 rings (SSSR count). The summed E-state index contributed by atoms with van der Waals surface area (Å²) in [6.07, 6.45) is 1.92. The molecule has 1 aromatic heterocycles. The molecule has 0 bridgehead atoms. The van der Waals surface area contributed by atoms with Crippen LogP contribution in [0.2, 0.25) is 0 Å². The van der Waals surface area contributed by atoms with E-state index in [1.54, 1.807) is 14.2 Å². The summed E-state index contributed by atoms with van der Waals surface area (Å²) in [5.74, 6) is 2.22. The Morgan fingerprint density at radius 1 is 0.903 bits per heavy atom. The molecule has 0 radical (unpaired) electrons. The molecule has 1 N–H and O–H groups in total. The fourth-order valence-corrected chi connectivity index (χ4v) is 3.30. The summed E-state index contributed by atoms with van der Waals surface area (Å²) < 4.78 is 18.6. The van der Waals surface area contributed by atoms with E-state index in [1.807, 2.05) is 35.1 Å². The maximum Gasteiger partial charge on any atom is 0.161 e. The van der Waals surface area contributed by atoms with E-state index < -0.39 is 0 Å². The molecule has 0 aliphatic rings. The van der Waals surface area contributed by atoms with Gasteiger partial charge in [-0.05, 0) is 63.1 Å².